The van der Waals surface area contributed by atoms with E-state index in [2.05, 4.69) is 26.0 Å². The van der Waals surface area contributed by atoms with E-state index in [0.717, 1.165) is 5.56 Å². The van der Waals surface area contributed by atoms with E-state index in [1.54, 1.807) is 12.1 Å². The molecule has 0 heterocycles. The van der Waals surface area contributed by atoms with E-state index in [1.165, 1.54) is 5.57 Å². The first-order valence-electron chi connectivity index (χ1n) is 7.17. The maximum Gasteiger partial charge on any atom is 0.310 e. The largest absolute Gasteiger partial charge is 0.461 e. The van der Waals surface area contributed by atoms with Gasteiger partial charge >= 0.3 is 5.97 Å². The Bertz CT molecular complexity index is 618. The summed E-state index contributed by atoms with van der Waals surface area (Å²) in [7, 11) is 0. The molecular weight excluding hydrogens is 262 g/mol. The van der Waals surface area contributed by atoms with E-state index in [1.807, 2.05) is 26.0 Å². The Morgan fingerprint density at radius 1 is 1.38 bits per heavy atom. The molecule has 0 aliphatic heterocycles. The van der Waals surface area contributed by atoms with Gasteiger partial charge in [-0.25, -0.2) is 0 Å². The highest BCUT2D eigenvalue weighted by Gasteiger charge is 2.61. The lowest BCUT2D eigenvalue weighted by atomic mass is 10.1. The summed E-state index contributed by atoms with van der Waals surface area (Å²) in [6.45, 7) is 8.43. The van der Waals surface area contributed by atoms with Crippen molar-refractivity contribution in [3.8, 4) is 6.07 Å². The molecule has 1 aromatic carbocycles. The van der Waals surface area contributed by atoms with E-state index in [-0.39, 0.29) is 29.8 Å². The molecule has 3 heteroatoms. The number of nitriles is 1. The molecule has 110 valence electrons. The van der Waals surface area contributed by atoms with Gasteiger partial charge in [-0.2, -0.15) is 5.26 Å². The molecule has 1 aliphatic carbocycles. The third-order valence-corrected chi connectivity index (χ3v) is 4.19. The zero-order valence-corrected chi connectivity index (χ0v) is 13.0. The topological polar surface area (TPSA) is 50.1 Å². The van der Waals surface area contributed by atoms with Crippen molar-refractivity contribution in [1.82, 2.24) is 0 Å². The van der Waals surface area contributed by atoms with Crippen molar-refractivity contribution < 1.29 is 9.53 Å². The van der Waals surface area contributed by atoms with E-state index in [0.29, 0.717) is 5.56 Å². The van der Waals surface area contributed by atoms with Crippen LogP contribution in [-0.4, -0.2) is 5.97 Å². The number of carbonyl (C=O) groups is 1. The molecule has 0 unspecified atom stereocenters. The smallest absolute Gasteiger partial charge is 0.310 e. The number of rotatable bonds is 4. The van der Waals surface area contributed by atoms with Gasteiger partial charge < -0.3 is 4.74 Å². The first kappa shape index (κ1) is 15.3. The third-order valence-electron chi connectivity index (χ3n) is 4.19. The molecule has 0 radical (unpaired) electrons. The molecule has 0 saturated heterocycles. The van der Waals surface area contributed by atoms with Crippen molar-refractivity contribution >= 4 is 5.97 Å². The highest BCUT2D eigenvalue weighted by molar-refractivity contribution is 5.78. The quantitative estimate of drug-likeness (QED) is 0.623. The lowest BCUT2D eigenvalue weighted by Crippen LogP contribution is -2.11. The van der Waals surface area contributed by atoms with Gasteiger partial charge in [-0.05, 0) is 31.2 Å². The van der Waals surface area contributed by atoms with Crippen LogP contribution in [0.3, 0.4) is 0 Å². The number of nitrogens with zero attached hydrogens (tertiary/aromatic N) is 1. The lowest BCUT2D eigenvalue weighted by Gasteiger charge is -2.07. The van der Waals surface area contributed by atoms with Crippen molar-refractivity contribution in [2.75, 3.05) is 0 Å². The number of benzene rings is 1. The van der Waals surface area contributed by atoms with Gasteiger partial charge in [0.2, 0.25) is 0 Å². The Balaban J connectivity index is 2.01. The first-order chi connectivity index (χ1) is 9.87. The van der Waals surface area contributed by atoms with Crippen LogP contribution in [0.2, 0.25) is 0 Å². The van der Waals surface area contributed by atoms with Crippen molar-refractivity contribution in [2.24, 2.45) is 17.3 Å². The average molecular weight is 283 g/mol. The maximum atomic E-state index is 12.3. The predicted octanol–water partition coefficient (Wildman–Crippen LogP) is 3.84. The molecule has 2 atom stereocenters. The number of ether oxygens (including phenoxy) is 1. The van der Waals surface area contributed by atoms with Gasteiger partial charge in [0.1, 0.15) is 6.61 Å². The monoisotopic (exact) mass is 283 g/mol. The third kappa shape index (κ3) is 3.16. The molecule has 0 bridgehead atoms. The van der Waals surface area contributed by atoms with E-state index in [4.69, 9.17) is 10.00 Å². The van der Waals surface area contributed by atoms with Crippen LogP contribution in [0, 0.1) is 28.6 Å². The van der Waals surface area contributed by atoms with E-state index >= 15 is 0 Å². The Morgan fingerprint density at radius 3 is 2.67 bits per heavy atom. The molecule has 0 aromatic heterocycles. The second-order valence-corrected chi connectivity index (χ2v) is 6.45. The lowest BCUT2D eigenvalue weighted by molar-refractivity contribution is -0.147. The molecule has 0 amide bonds. The molecule has 21 heavy (non-hydrogen) atoms. The summed E-state index contributed by atoms with van der Waals surface area (Å²) in [4.78, 5) is 12.3. The molecule has 0 spiro atoms. The minimum absolute atomic E-state index is 0.0386. The van der Waals surface area contributed by atoms with Crippen molar-refractivity contribution in [2.45, 2.75) is 34.3 Å². The number of hydrogen-bond donors (Lipinski definition) is 0. The van der Waals surface area contributed by atoms with Crippen LogP contribution in [-0.2, 0) is 16.1 Å². The highest BCUT2D eigenvalue weighted by Crippen LogP contribution is 2.59. The molecule has 0 N–H and O–H groups in total. The van der Waals surface area contributed by atoms with Gasteiger partial charge in [-0.1, -0.05) is 43.7 Å². The van der Waals surface area contributed by atoms with E-state index < -0.39 is 0 Å². The van der Waals surface area contributed by atoms with E-state index in [9.17, 15) is 4.79 Å². The first-order valence-corrected chi connectivity index (χ1v) is 7.17. The van der Waals surface area contributed by atoms with Crippen LogP contribution in [0.5, 0.6) is 0 Å². The molecule has 3 nitrogen and oxygen atoms in total. The molecule has 1 aliphatic rings. The minimum atomic E-state index is -0.171. The Labute approximate surface area is 126 Å². The Morgan fingerprint density at radius 2 is 2.05 bits per heavy atom. The normalized spacial score (nSPS) is 22.0. The van der Waals surface area contributed by atoms with Gasteiger partial charge in [-0.3, -0.25) is 4.79 Å². The number of carbonyl (C=O) groups excluding carboxylic acids is 1. The van der Waals surface area contributed by atoms with Crippen molar-refractivity contribution in [1.29, 1.82) is 5.26 Å². The van der Waals surface area contributed by atoms with Crippen molar-refractivity contribution in [3.05, 3.63) is 47.0 Å². The second kappa shape index (κ2) is 5.73. The van der Waals surface area contributed by atoms with Crippen LogP contribution in [0.4, 0.5) is 0 Å². The van der Waals surface area contributed by atoms with Gasteiger partial charge in [0.25, 0.3) is 0 Å². The molecular formula is C18H21NO2. The zero-order chi connectivity index (χ0) is 15.6. The van der Waals surface area contributed by atoms with Gasteiger partial charge in [0, 0.05) is 5.56 Å². The number of esters is 1. The number of hydrogen-bond acceptors (Lipinski definition) is 3. The van der Waals surface area contributed by atoms with Gasteiger partial charge in [0.15, 0.2) is 0 Å². The fraction of sp³-hybridized carbons (Fsp3) is 0.444. The SMILES string of the molecule is CC(C)=C[C@@H]1[C@@H](C(=O)OCc2ccccc2C#N)C1(C)C. The number of allylic oxidation sites excluding steroid dienone is 2. The molecule has 1 saturated carbocycles. The van der Waals surface area contributed by atoms with Crippen LogP contribution in [0.15, 0.2) is 35.9 Å². The highest BCUT2D eigenvalue weighted by atomic mass is 16.5. The summed E-state index contributed by atoms with van der Waals surface area (Å²) < 4.78 is 5.42. The summed E-state index contributed by atoms with van der Waals surface area (Å²) in [6.07, 6.45) is 2.15. The Hall–Kier alpha value is -2.08. The fourth-order valence-corrected chi connectivity index (χ4v) is 2.79. The summed E-state index contributed by atoms with van der Waals surface area (Å²) in [5.74, 6) is -0.00176. The molecule has 1 aromatic rings. The summed E-state index contributed by atoms with van der Waals surface area (Å²) >= 11 is 0. The Kier molecular flexibility index (Phi) is 4.18. The summed E-state index contributed by atoms with van der Waals surface area (Å²) in [6, 6.07) is 9.31. The minimum Gasteiger partial charge on any atom is -0.461 e. The van der Waals surface area contributed by atoms with Crippen LogP contribution < -0.4 is 0 Å². The average Bonchev–Trinajstić information content (AvgIpc) is 2.96. The summed E-state index contributed by atoms with van der Waals surface area (Å²) in [5.41, 5.74) is 2.49. The molecule has 2 rings (SSSR count). The van der Waals surface area contributed by atoms with Gasteiger partial charge in [0.05, 0.1) is 17.6 Å². The second-order valence-electron chi connectivity index (χ2n) is 6.45. The predicted molar refractivity (Wildman–Crippen MR) is 81.1 cm³/mol. The fourth-order valence-electron chi connectivity index (χ4n) is 2.79. The standard InChI is InChI=1S/C18H21NO2/c1-12(2)9-15-16(18(15,3)4)17(20)21-11-14-8-6-5-7-13(14)10-19/h5-9,15-16H,11H2,1-4H3/t15-,16+/m1/s1. The van der Waals surface area contributed by atoms with Crippen LogP contribution in [0.1, 0.15) is 38.8 Å². The molecule has 1 fully saturated rings. The summed E-state index contributed by atoms with van der Waals surface area (Å²) in [5, 5.41) is 9.03. The van der Waals surface area contributed by atoms with Gasteiger partial charge in [-0.15, -0.1) is 0 Å². The zero-order valence-electron chi connectivity index (χ0n) is 13.0. The van der Waals surface area contributed by atoms with Crippen LogP contribution >= 0.6 is 0 Å². The maximum absolute atomic E-state index is 12.3. The van der Waals surface area contributed by atoms with Crippen LogP contribution in [0.25, 0.3) is 0 Å². The van der Waals surface area contributed by atoms with Crippen molar-refractivity contribution in [3.63, 3.8) is 0 Å².